The van der Waals surface area contributed by atoms with Crippen molar-refractivity contribution < 1.29 is 9.53 Å². The Morgan fingerprint density at radius 2 is 1.95 bits per heavy atom. The largest absolute Gasteiger partial charge is 0.474 e. The van der Waals surface area contributed by atoms with Crippen molar-refractivity contribution in [3.05, 3.63) is 24.4 Å². The molecule has 3 rings (SSSR count). The Kier molecular flexibility index (Phi) is 4.73. The number of aromatic nitrogens is 1. The van der Waals surface area contributed by atoms with Gasteiger partial charge in [-0.05, 0) is 24.8 Å². The number of carbonyl (C=O) groups is 1. The highest BCUT2D eigenvalue weighted by Gasteiger charge is 2.26. The van der Waals surface area contributed by atoms with Crippen molar-refractivity contribution in [2.24, 2.45) is 5.92 Å². The summed E-state index contributed by atoms with van der Waals surface area (Å²) in [5, 5.41) is 0. The maximum absolute atomic E-state index is 12.3. The van der Waals surface area contributed by atoms with Gasteiger partial charge in [-0.25, -0.2) is 4.98 Å². The molecule has 2 aliphatic rings. The summed E-state index contributed by atoms with van der Waals surface area (Å²) in [6.07, 6.45) is 9.60. The molecular weight excluding hydrogens is 264 g/mol. The van der Waals surface area contributed by atoms with Gasteiger partial charge in [0.05, 0.1) is 0 Å². The Labute approximate surface area is 126 Å². The van der Waals surface area contributed by atoms with Gasteiger partial charge >= 0.3 is 0 Å². The Balaban J connectivity index is 1.43. The highest BCUT2D eigenvalue weighted by Crippen LogP contribution is 2.28. The maximum Gasteiger partial charge on any atom is 0.222 e. The zero-order valence-electron chi connectivity index (χ0n) is 12.5. The Bertz CT molecular complexity index is 449. The number of likely N-dealkylation sites (tertiary alicyclic amines) is 1. The third-order valence-corrected chi connectivity index (χ3v) is 4.66. The molecule has 0 unspecified atom stereocenters. The summed E-state index contributed by atoms with van der Waals surface area (Å²) in [5.74, 6) is 1.67. The van der Waals surface area contributed by atoms with Crippen LogP contribution in [0.1, 0.15) is 44.9 Å². The third kappa shape index (κ3) is 3.96. The zero-order chi connectivity index (χ0) is 14.5. The molecule has 1 saturated heterocycles. The fourth-order valence-corrected chi connectivity index (χ4v) is 3.40. The first kappa shape index (κ1) is 14.4. The van der Waals surface area contributed by atoms with E-state index < -0.39 is 0 Å². The molecule has 114 valence electrons. The van der Waals surface area contributed by atoms with E-state index in [1.165, 1.54) is 25.7 Å². The molecule has 1 amide bonds. The van der Waals surface area contributed by atoms with Crippen LogP contribution in [-0.2, 0) is 4.79 Å². The van der Waals surface area contributed by atoms with E-state index in [-0.39, 0.29) is 6.10 Å². The molecule has 0 aromatic carbocycles. The van der Waals surface area contributed by atoms with Crippen LogP contribution in [0.25, 0.3) is 0 Å². The standard InChI is InChI=1S/C17H24N2O2/c20-17(13-14-5-1-2-6-14)19-11-8-15(9-12-19)21-16-7-3-4-10-18-16/h3-4,7,10,14-15H,1-2,5-6,8-9,11-13H2. The summed E-state index contributed by atoms with van der Waals surface area (Å²) in [4.78, 5) is 18.5. The van der Waals surface area contributed by atoms with Crippen LogP contribution in [0.4, 0.5) is 0 Å². The predicted molar refractivity (Wildman–Crippen MR) is 81.0 cm³/mol. The highest BCUT2D eigenvalue weighted by molar-refractivity contribution is 5.76. The van der Waals surface area contributed by atoms with Crippen molar-refractivity contribution in [2.45, 2.75) is 51.0 Å². The second kappa shape index (κ2) is 6.92. The molecule has 4 nitrogen and oxygen atoms in total. The van der Waals surface area contributed by atoms with Gasteiger partial charge in [-0.1, -0.05) is 18.9 Å². The summed E-state index contributed by atoms with van der Waals surface area (Å²) in [7, 11) is 0. The fraction of sp³-hybridized carbons (Fsp3) is 0.647. The van der Waals surface area contributed by atoms with Crippen molar-refractivity contribution in [2.75, 3.05) is 13.1 Å². The molecule has 1 aromatic rings. The molecule has 1 aliphatic carbocycles. The van der Waals surface area contributed by atoms with E-state index in [2.05, 4.69) is 4.98 Å². The SMILES string of the molecule is O=C(CC1CCCC1)N1CCC(Oc2ccccn2)CC1. The topological polar surface area (TPSA) is 42.4 Å². The Morgan fingerprint density at radius 1 is 1.19 bits per heavy atom. The van der Waals surface area contributed by atoms with Gasteiger partial charge in [-0.3, -0.25) is 4.79 Å². The lowest BCUT2D eigenvalue weighted by Crippen LogP contribution is -2.42. The van der Waals surface area contributed by atoms with Crippen molar-refractivity contribution in [3.8, 4) is 5.88 Å². The number of piperidine rings is 1. The quantitative estimate of drug-likeness (QED) is 0.855. The first-order valence-electron chi connectivity index (χ1n) is 8.17. The van der Waals surface area contributed by atoms with Gasteiger partial charge in [0.25, 0.3) is 0 Å². The van der Waals surface area contributed by atoms with E-state index in [1.807, 2.05) is 23.1 Å². The minimum Gasteiger partial charge on any atom is -0.474 e. The number of nitrogens with zero attached hydrogens (tertiary/aromatic N) is 2. The average molecular weight is 288 g/mol. The van der Waals surface area contributed by atoms with E-state index in [0.29, 0.717) is 17.7 Å². The van der Waals surface area contributed by atoms with Gasteiger partial charge < -0.3 is 9.64 Å². The second-order valence-corrected chi connectivity index (χ2v) is 6.22. The number of pyridine rings is 1. The third-order valence-electron chi connectivity index (χ3n) is 4.66. The number of ether oxygens (including phenoxy) is 1. The van der Waals surface area contributed by atoms with Crippen molar-refractivity contribution in [3.63, 3.8) is 0 Å². The van der Waals surface area contributed by atoms with Gasteiger partial charge in [0.15, 0.2) is 0 Å². The summed E-state index contributed by atoms with van der Waals surface area (Å²) in [5.41, 5.74) is 0. The van der Waals surface area contributed by atoms with E-state index in [1.54, 1.807) is 6.20 Å². The van der Waals surface area contributed by atoms with Crippen LogP contribution in [0.2, 0.25) is 0 Å². The number of hydrogen-bond acceptors (Lipinski definition) is 3. The monoisotopic (exact) mass is 288 g/mol. The molecule has 1 saturated carbocycles. The minimum atomic E-state index is 0.190. The average Bonchev–Trinajstić information content (AvgIpc) is 3.02. The normalized spacial score (nSPS) is 20.7. The molecule has 0 radical (unpaired) electrons. The van der Waals surface area contributed by atoms with Crippen molar-refractivity contribution in [1.29, 1.82) is 0 Å². The molecule has 4 heteroatoms. The molecule has 1 aliphatic heterocycles. The van der Waals surface area contributed by atoms with Crippen molar-refractivity contribution in [1.82, 2.24) is 9.88 Å². The Morgan fingerprint density at radius 3 is 2.62 bits per heavy atom. The van der Waals surface area contributed by atoms with Gasteiger partial charge in [-0.2, -0.15) is 0 Å². The van der Waals surface area contributed by atoms with Crippen LogP contribution in [0.5, 0.6) is 5.88 Å². The lowest BCUT2D eigenvalue weighted by Gasteiger charge is -2.32. The first-order valence-corrected chi connectivity index (χ1v) is 8.17. The minimum absolute atomic E-state index is 0.190. The van der Waals surface area contributed by atoms with E-state index in [0.717, 1.165) is 32.4 Å². The molecule has 2 fully saturated rings. The van der Waals surface area contributed by atoms with Gasteiger partial charge in [0.2, 0.25) is 11.8 Å². The van der Waals surface area contributed by atoms with E-state index >= 15 is 0 Å². The van der Waals surface area contributed by atoms with Crippen LogP contribution in [0, 0.1) is 5.92 Å². The van der Waals surface area contributed by atoms with Crippen LogP contribution in [0.15, 0.2) is 24.4 Å². The lowest BCUT2D eigenvalue weighted by atomic mass is 10.0. The first-order chi connectivity index (χ1) is 10.3. The van der Waals surface area contributed by atoms with Crippen LogP contribution >= 0.6 is 0 Å². The predicted octanol–water partition coefficient (Wildman–Crippen LogP) is 3.03. The molecular formula is C17H24N2O2. The van der Waals surface area contributed by atoms with E-state index in [9.17, 15) is 4.79 Å². The van der Waals surface area contributed by atoms with E-state index in [4.69, 9.17) is 4.74 Å². The van der Waals surface area contributed by atoms with Crippen LogP contribution in [0.3, 0.4) is 0 Å². The number of amides is 1. The summed E-state index contributed by atoms with van der Waals surface area (Å²) < 4.78 is 5.87. The number of carbonyl (C=O) groups excluding carboxylic acids is 1. The smallest absolute Gasteiger partial charge is 0.222 e. The molecule has 0 N–H and O–H groups in total. The molecule has 2 heterocycles. The second-order valence-electron chi connectivity index (χ2n) is 6.22. The highest BCUT2D eigenvalue weighted by atomic mass is 16.5. The molecule has 0 atom stereocenters. The zero-order valence-corrected chi connectivity index (χ0v) is 12.5. The summed E-state index contributed by atoms with van der Waals surface area (Å²) in [6.45, 7) is 1.64. The van der Waals surface area contributed by atoms with Gasteiger partial charge in [0.1, 0.15) is 6.10 Å². The number of rotatable bonds is 4. The molecule has 1 aromatic heterocycles. The Hall–Kier alpha value is -1.58. The number of hydrogen-bond donors (Lipinski definition) is 0. The van der Waals surface area contributed by atoms with Crippen LogP contribution in [-0.4, -0.2) is 35.0 Å². The van der Waals surface area contributed by atoms with Crippen LogP contribution < -0.4 is 4.74 Å². The molecule has 0 bridgehead atoms. The maximum atomic E-state index is 12.3. The summed E-state index contributed by atoms with van der Waals surface area (Å²) in [6, 6.07) is 5.71. The lowest BCUT2D eigenvalue weighted by molar-refractivity contribution is -0.134. The molecule has 21 heavy (non-hydrogen) atoms. The van der Waals surface area contributed by atoms with Crippen molar-refractivity contribution >= 4 is 5.91 Å². The fourth-order valence-electron chi connectivity index (χ4n) is 3.40. The van der Waals surface area contributed by atoms with Gasteiger partial charge in [0, 0.05) is 44.6 Å². The van der Waals surface area contributed by atoms with Gasteiger partial charge in [-0.15, -0.1) is 0 Å². The molecule has 0 spiro atoms. The summed E-state index contributed by atoms with van der Waals surface area (Å²) >= 11 is 0.